The third kappa shape index (κ3) is 1.69. The smallest absolute Gasteiger partial charge is 0.206 e. The Labute approximate surface area is 53.9 Å². The molecule has 0 radical (unpaired) electrons. The molecule has 3 nitrogen and oxygen atoms in total. The Kier molecular flexibility index (Phi) is 1.47. The molecule has 0 aromatic rings. The molecule has 1 heterocycles. The van der Waals surface area contributed by atoms with E-state index in [4.69, 9.17) is 14.6 Å². The topological polar surface area (TPSA) is 38.7 Å². The highest BCUT2D eigenvalue weighted by atomic mass is 16.7. The van der Waals surface area contributed by atoms with Crippen molar-refractivity contribution in [3.63, 3.8) is 0 Å². The van der Waals surface area contributed by atoms with Crippen LogP contribution in [0.2, 0.25) is 0 Å². The Morgan fingerprint density at radius 2 is 2.22 bits per heavy atom. The van der Waals surface area contributed by atoms with Crippen LogP contribution in [0.1, 0.15) is 13.8 Å². The van der Waals surface area contributed by atoms with Gasteiger partial charge in [0.25, 0.3) is 0 Å². The Hall–Kier alpha value is -0.540. The van der Waals surface area contributed by atoms with E-state index >= 15 is 0 Å². The van der Waals surface area contributed by atoms with E-state index in [9.17, 15) is 0 Å². The highest BCUT2D eigenvalue weighted by Crippen LogP contribution is 2.17. The molecule has 0 aromatic carbocycles. The molecule has 52 valence electrons. The number of aliphatic hydroxyl groups excluding tert-OH is 1. The molecule has 0 fully saturated rings. The second-order valence-corrected chi connectivity index (χ2v) is 2.35. The molecule has 1 aliphatic heterocycles. The molecule has 0 bridgehead atoms. The summed E-state index contributed by atoms with van der Waals surface area (Å²) in [5, 5.41) is 8.86. The van der Waals surface area contributed by atoms with Crippen LogP contribution < -0.4 is 0 Å². The maximum atomic E-state index is 8.86. The van der Waals surface area contributed by atoms with Gasteiger partial charge in [0, 0.05) is 19.9 Å². The van der Waals surface area contributed by atoms with Gasteiger partial charge in [0.2, 0.25) is 5.79 Å². The van der Waals surface area contributed by atoms with Crippen molar-refractivity contribution >= 4 is 0 Å². The lowest BCUT2D eigenvalue weighted by molar-refractivity contribution is -0.260. The first kappa shape index (κ1) is 6.58. The Balaban J connectivity index is 2.58. The van der Waals surface area contributed by atoms with E-state index in [2.05, 4.69) is 0 Å². The number of aliphatic hydroxyl groups is 1. The summed E-state index contributed by atoms with van der Waals surface area (Å²) in [4.78, 5) is 0. The lowest BCUT2D eigenvalue weighted by atomic mass is 10.3. The van der Waals surface area contributed by atoms with Gasteiger partial charge in [-0.25, -0.2) is 0 Å². The largest absolute Gasteiger partial charge is 0.471 e. The average molecular weight is 130 g/mol. The zero-order chi connectivity index (χ0) is 6.91. The van der Waals surface area contributed by atoms with Gasteiger partial charge in [0.15, 0.2) is 6.29 Å². The molecule has 0 aromatic heterocycles. The van der Waals surface area contributed by atoms with Gasteiger partial charge >= 0.3 is 0 Å². The van der Waals surface area contributed by atoms with Crippen LogP contribution in [0, 0.1) is 0 Å². The number of rotatable bonds is 0. The van der Waals surface area contributed by atoms with E-state index in [1.54, 1.807) is 13.8 Å². The number of ether oxygens (including phenoxy) is 2. The standard InChI is InChI=1S/C6H10O3/c1-6(2)8-4-3-5(7)9-6/h3-5,7H,1-2H3. The third-order valence-corrected chi connectivity index (χ3v) is 1.000. The van der Waals surface area contributed by atoms with E-state index in [1.165, 1.54) is 12.3 Å². The minimum absolute atomic E-state index is 0.686. The van der Waals surface area contributed by atoms with Crippen LogP contribution in [-0.2, 0) is 9.47 Å². The zero-order valence-electron chi connectivity index (χ0n) is 5.50. The number of hydrogen-bond donors (Lipinski definition) is 1. The minimum atomic E-state index is -0.825. The van der Waals surface area contributed by atoms with Crippen molar-refractivity contribution in [2.24, 2.45) is 0 Å². The van der Waals surface area contributed by atoms with Crippen LogP contribution in [0.5, 0.6) is 0 Å². The van der Waals surface area contributed by atoms with E-state index in [1.807, 2.05) is 0 Å². The first-order valence-corrected chi connectivity index (χ1v) is 2.80. The van der Waals surface area contributed by atoms with E-state index in [-0.39, 0.29) is 0 Å². The van der Waals surface area contributed by atoms with Gasteiger partial charge in [-0.3, -0.25) is 0 Å². The summed E-state index contributed by atoms with van der Waals surface area (Å²) in [6.07, 6.45) is 2.05. The Morgan fingerprint density at radius 3 is 2.56 bits per heavy atom. The van der Waals surface area contributed by atoms with Crippen LogP contribution in [0.4, 0.5) is 0 Å². The van der Waals surface area contributed by atoms with Crippen LogP contribution >= 0.6 is 0 Å². The molecule has 0 aliphatic carbocycles. The Morgan fingerprint density at radius 1 is 1.56 bits per heavy atom. The fraction of sp³-hybridized carbons (Fsp3) is 0.667. The van der Waals surface area contributed by atoms with E-state index in [0.29, 0.717) is 0 Å². The van der Waals surface area contributed by atoms with Crippen molar-refractivity contribution in [1.82, 2.24) is 0 Å². The first-order valence-electron chi connectivity index (χ1n) is 2.80. The molecule has 1 unspecified atom stereocenters. The molecule has 1 aliphatic rings. The molecule has 0 saturated carbocycles. The summed E-state index contributed by atoms with van der Waals surface area (Å²) in [6, 6.07) is 0. The van der Waals surface area contributed by atoms with Crippen molar-refractivity contribution in [3.05, 3.63) is 12.3 Å². The van der Waals surface area contributed by atoms with Crippen molar-refractivity contribution in [1.29, 1.82) is 0 Å². The fourth-order valence-corrected chi connectivity index (χ4v) is 0.628. The maximum absolute atomic E-state index is 8.86. The summed E-state index contributed by atoms with van der Waals surface area (Å²) >= 11 is 0. The van der Waals surface area contributed by atoms with Crippen molar-refractivity contribution in [2.75, 3.05) is 0 Å². The van der Waals surface area contributed by atoms with E-state index in [0.717, 1.165) is 0 Å². The van der Waals surface area contributed by atoms with Crippen LogP contribution in [0.25, 0.3) is 0 Å². The van der Waals surface area contributed by atoms with Gasteiger partial charge in [0.05, 0.1) is 6.26 Å². The predicted octanol–water partition coefficient (Wildman–Crippen LogP) is 0.601. The molecule has 9 heavy (non-hydrogen) atoms. The molecule has 1 atom stereocenters. The zero-order valence-corrected chi connectivity index (χ0v) is 5.50. The lowest BCUT2D eigenvalue weighted by Crippen LogP contribution is -2.34. The molecule has 0 amide bonds. The number of hydrogen-bond acceptors (Lipinski definition) is 3. The summed E-state index contributed by atoms with van der Waals surface area (Å²) in [7, 11) is 0. The maximum Gasteiger partial charge on any atom is 0.206 e. The fourth-order valence-electron chi connectivity index (χ4n) is 0.628. The van der Waals surface area contributed by atoms with Crippen molar-refractivity contribution < 1.29 is 14.6 Å². The molecule has 1 N–H and O–H groups in total. The monoisotopic (exact) mass is 130 g/mol. The molecule has 0 saturated heterocycles. The molecular formula is C6H10O3. The first-order chi connectivity index (χ1) is 4.10. The van der Waals surface area contributed by atoms with Gasteiger partial charge in [-0.15, -0.1) is 0 Å². The van der Waals surface area contributed by atoms with Gasteiger partial charge in [-0.1, -0.05) is 0 Å². The second-order valence-electron chi connectivity index (χ2n) is 2.35. The van der Waals surface area contributed by atoms with Gasteiger partial charge in [0.1, 0.15) is 0 Å². The van der Waals surface area contributed by atoms with Crippen LogP contribution in [0.15, 0.2) is 12.3 Å². The Bertz CT molecular complexity index is 128. The summed E-state index contributed by atoms with van der Waals surface area (Å²) < 4.78 is 9.89. The second kappa shape index (κ2) is 2.01. The van der Waals surface area contributed by atoms with Gasteiger partial charge < -0.3 is 14.6 Å². The van der Waals surface area contributed by atoms with Crippen molar-refractivity contribution in [3.8, 4) is 0 Å². The molecule has 1 rings (SSSR count). The molecular weight excluding hydrogens is 120 g/mol. The quantitative estimate of drug-likeness (QED) is 0.522. The van der Waals surface area contributed by atoms with Crippen LogP contribution in [0.3, 0.4) is 0 Å². The summed E-state index contributed by atoms with van der Waals surface area (Å²) in [5.41, 5.74) is 0. The predicted molar refractivity (Wildman–Crippen MR) is 31.4 cm³/mol. The normalized spacial score (nSPS) is 31.7. The van der Waals surface area contributed by atoms with Gasteiger partial charge in [-0.05, 0) is 0 Å². The third-order valence-electron chi connectivity index (χ3n) is 1.000. The molecule has 0 spiro atoms. The lowest BCUT2D eigenvalue weighted by Gasteiger charge is -2.29. The van der Waals surface area contributed by atoms with E-state index < -0.39 is 12.1 Å². The van der Waals surface area contributed by atoms with Crippen molar-refractivity contribution in [2.45, 2.75) is 25.9 Å². The highest BCUT2D eigenvalue weighted by Gasteiger charge is 2.24. The summed E-state index contributed by atoms with van der Waals surface area (Å²) in [6.45, 7) is 3.47. The molecule has 3 heteroatoms. The average Bonchev–Trinajstić information content (AvgIpc) is 1.60. The van der Waals surface area contributed by atoms with Gasteiger partial charge in [-0.2, -0.15) is 0 Å². The summed E-state index contributed by atoms with van der Waals surface area (Å²) in [5.74, 6) is -0.686. The SMILES string of the molecule is CC1(C)OC=CC(O)O1. The van der Waals surface area contributed by atoms with Crippen LogP contribution in [-0.4, -0.2) is 17.2 Å². The minimum Gasteiger partial charge on any atom is -0.471 e. The highest BCUT2D eigenvalue weighted by molar-refractivity contribution is 4.83.